The molecule has 7 heteroatoms. The van der Waals surface area contributed by atoms with E-state index in [9.17, 15) is 4.79 Å². The molecule has 0 aliphatic rings. The minimum Gasteiger partial charge on any atom is -0.481 e. The molecule has 0 saturated carbocycles. The molecule has 0 fully saturated rings. The number of carbonyl (C=O) groups is 2. The molecule has 2 aromatic rings. The van der Waals surface area contributed by atoms with E-state index in [1.165, 1.54) is 0 Å². The van der Waals surface area contributed by atoms with Crippen molar-refractivity contribution in [2.45, 2.75) is 26.3 Å². The van der Waals surface area contributed by atoms with Crippen molar-refractivity contribution in [3.63, 3.8) is 0 Å². The van der Waals surface area contributed by atoms with Crippen molar-refractivity contribution in [1.29, 1.82) is 0 Å². The molecule has 1 heterocycles. The minimum absolute atomic E-state index is 0. The zero-order valence-corrected chi connectivity index (χ0v) is 13.3. The number of hydrogen-bond acceptors (Lipinski definition) is 3. The third-order valence-corrected chi connectivity index (χ3v) is 2.85. The number of halogens is 1. The minimum atomic E-state index is -0.833. The summed E-state index contributed by atoms with van der Waals surface area (Å²) in [5.41, 5.74) is 2.08. The van der Waals surface area contributed by atoms with Crippen LogP contribution in [0, 0.1) is 0 Å². The molecule has 0 aliphatic carbocycles. The van der Waals surface area contributed by atoms with E-state index in [0.29, 0.717) is 13.0 Å². The molecule has 0 radical (unpaired) electrons. The smallest absolute Gasteiger partial charge is 0.321 e. The van der Waals surface area contributed by atoms with Crippen molar-refractivity contribution in [3.8, 4) is 0 Å². The Balaban J connectivity index is 0.000000791. The lowest BCUT2D eigenvalue weighted by Crippen LogP contribution is -2.38. The first-order chi connectivity index (χ1) is 9.95. The topological polar surface area (TPSA) is 102 Å². The number of likely N-dealkylation sites (N-methyl/N-ethyl adjacent to an activating group) is 1. The Hall–Kier alpha value is -2.05. The van der Waals surface area contributed by atoms with Gasteiger partial charge in [0, 0.05) is 30.4 Å². The fourth-order valence-corrected chi connectivity index (χ4v) is 2.01. The first kappa shape index (κ1) is 19.9. The van der Waals surface area contributed by atoms with Gasteiger partial charge in [0.15, 0.2) is 0 Å². The Morgan fingerprint density at radius 1 is 1.27 bits per heavy atom. The molecule has 4 N–H and O–H groups in total. The van der Waals surface area contributed by atoms with Crippen molar-refractivity contribution in [2.75, 3.05) is 6.54 Å². The Bertz CT molecular complexity index is 608. The number of carboxylic acid groups (broad SMARTS) is 2. The third-order valence-electron chi connectivity index (χ3n) is 2.85. The van der Waals surface area contributed by atoms with E-state index >= 15 is 0 Å². The second kappa shape index (κ2) is 9.81. The largest absolute Gasteiger partial charge is 0.481 e. The Morgan fingerprint density at radius 3 is 2.41 bits per heavy atom. The van der Waals surface area contributed by atoms with Gasteiger partial charge >= 0.3 is 5.97 Å². The number of benzene rings is 1. The van der Waals surface area contributed by atoms with Gasteiger partial charge in [0.25, 0.3) is 5.97 Å². The molecule has 22 heavy (non-hydrogen) atoms. The summed E-state index contributed by atoms with van der Waals surface area (Å²) in [5.74, 6) is -1.64. The maximum atomic E-state index is 11.1. The van der Waals surface area contributed by atoms with Gasteiger partial charge in [-0.15, -0.1) is 12.4 Å². The van der Waals surface area contributed by atoms with Crippen LogP contribution in [0.1, 0.15) is 19.4 Å². The molecule has 1 aromatic carbocycles. The molecule has 0 bridgehead atoms. The normalized spacial score (nSPS) is 11.0. The van der Waals surface area contributed by atoms with Crippen LogP contribution in [0.25, 0.3) is 10.9 Å². The van der Waals surface area contributed by atoms with Crippen LogP contribution in [-0.2, 0) is 16.0 Å². The molecule has 0 amide bonds. The predicted molar refractivity (Wildman–Crippen MR) is 87.7 cm³/mol. The van der Waals surface area contributed by atoms with Crippen molar-refractivity contribution >= 4 is 35.2 Å². The lowest BCUT2D eigenvalue weighted by atomic mass is 10.1. The van der Waals surface area contributed by atoms with Crippen molar-refractivity contribution in [1.82, 2.24) is 10.3 Å². The maximum absolute atomic E-state index is 11.1. The van der Waals surface area contributed by atoms with E-state index in [1.807, 2.05) is 37.4 Å². The second-order valence-corrected chi connectivity index (χ2v) is 4.53. The van der Waals surface area contributed by atoms with E-state index in [-0.39, 0.29) is 12.4 Å². The number of para-hydroxylation sites is 1. The molecular weight excluding hydrogens is 308 g/mol. The fourth-order valence-electron chi connectivity index (χ4n) is 2.01. The van der Waals surface area contributed by atoms with Gasteiger partial charge in [0.2, 0.25) is 0 Å². The van der Waals surface area contributed by atoms with Gasteiger partial charge in [0.05, 0.1) is 0 Å². The summed E-state index contributed by atoms with van der Waals surface area (Å²) in [6.45, 7) is 3.64. The van der Waals surface area contributed by atoms with Gasteiger partial charge in [-0.25, -0.2) is 0 Å². The summed E-state index contributed by atoms with van der Waals surface area (Å²) in [4.78, 5) is 23.2. The highest BCUT2D eigenvalue weighted by atomic mass is 35.5. The lowest BCUT2D eigenvalue weighted by Gasteiger charge is -2.12. The Kier molecular flexibility index (Phi) is 8.89. The zero-order chi connectivity index (χ0) is 15.8. The monoisotopic (exact) mass is 328 g/mol. The number of aliphatic carboxylic acids is 2. The number of hydrogen-bond donors (Lipinski definition) is 4. The summed E-state index contributed by atoms with van der Waals surface area (Å²) < 4.78 is 0. The van der Waals surface area contributed by atoms with Crippen LogP contribution in [0.3, 0.4) is 0 Å². The summed E-state index contributed by atoms with van der Waals surface area (Å²) in [6.07, 6.45) is 2.38. The molecule has 6 nitrogen and oxygen atoms in total. The predicted octanol–water partition coefficient (Wildman–Crippen LogP) is 2.29. The maximum Gasteiger partial charge on any atom is 0.321 e. The highest BCUT2D eigenvalue weighted by Gasteiger charge is 2.18. The number of rotatable bonds is 5. The zero-order valence-electron chi connectivity index (χ0n) is 12.5. The molecule has 1 unspecified atom stereocenters. The first-order valence-corrected chi connectivity index (χ1v) is 6.66. The van der Waals surface area contributed by atoms with E-state index in [1.54, 1.807) is 0 Å². The van der Waals surface area contributed by atoms with E-state index in [4.69, 9.17) is 15.0 Å². The van der Waals surface area contributed by atoms with Gasteiger partial charge < -0.3 is 20.5 Å². The van der Waals surface area contributed by atoms with E-state index in [2.05, 4.69) is 10.3 Å². The van der Waals surface area contributed by atoms with Crippen LogP contribution in [0.4, 0.5) is 0 Å². The number of nitrogens with one attached hydrogen (secondary N) is 2. The number of H-pyrrole nitrogens is 1. The number of aromatic nitrogens is 1. The standard InChI is InChI=1S/C13H16N2O2.C2H4O2.ClH/c1-2-14-12(13(16)17)7-9-8-15-11-6-4-3-5-10(9)11;1-2(3)4;/h3-6,8,12,14-15H,2,7H2,1H3,(H,16,17);1H3,(H,3,4);1H. The average molecular weight is 329 g/mol. The van der Waals surface area contributed by atoms with Crippen LogP contribution in [-0.4, -0.2) is 39.7 Å². The molecule has 122 valence electrons. The highest BCUT2D eigenvalue weighted by molar-refractivity contribution is 5.85. The molecule has 2 rings (SSSR count). The second-order valence-electron chi connectivity index (χ2n) is 4.53. The van der Waals surface area contributed by atoms with Crippen LogP contribution in [0.2, 0.25) is 0 Å². The SMILES string of the molecule is CC(=O)O.CCNC(Cc1c[nH]c2ccccc12)C(=O)O.Cl. The van der Waals surface area contributed by atoms with Crippen molar-refractivity contribution in [2.24, 2.45) is 0 Å². The Labute approximate surface area is 134 Å². The Morgan fingerprint density at radius 2 is 1.86 bits per heavy atom. The third kappa shape index (κ3) is 6.15. The average Bonchev–Trinajstić information content (AvgIpc) is 2.81. The van der Waals surface area contributed by atoms with Gasteiger partial charge in [-0.2, -0.15) is 0 Å². The summed E-state index contributed by atoms with van der Waals surface area (Å²) in [6, 6.07) is 7.39. The van der Waals surface area contributed by atoms with E-state index in [0.717, 1.165) is 23.4 Å². The highest BCUT2D eigenvalue weighted by Crippen LogP contribution is 2.19. The number of fused-ring (bicyclic) bond motifs is 1. The van der Waals surface area contributed by atoms with Crippen molar-refractivity contribution in [3.05, 3.63) is 36.0 Å². The quantitative estimate of drug-likeness (QED) is 0.674. The number of aromatic amines is 1. The van der Waals surface area contributed by atoms with Gasteiger partial charge in [-0.3, -0.25) is 9.59 Å². The summed E-state index contributed by atoms with van der Waals surface area (Å²) in [7, 11) is 0. The molecule has 1 aromatic heterocycles. The van der Waals surface area contributed by atoms with Gasteiger partial charge in [0.1, 0.15) is 6.04 Å². The molecule has 0 saturated heterocycles. The van der Waals surface area contributed by atoms with Crippen LogP contribution < -0.4 is 5.32 Å². The molecule has 0 aliphatic heterocycles. The molecule has 0 spiro atoms. The van der Waals surface area contributed by atoms with Gasteiger partial charge in [-0.1, -0.05) is 25.1 Å². The summed E-state index contributed by atoms with van der Waals surface area (Å²) >= 11 is 0. The van der Waals surface area contributed by atoms with Crippen LogP contribution >= 0.6 is 12.4 Å². The summed E-state index contributed by atoms with van der Waals surface area (Å²) in [5, 5.41) is 20.6. The molecular formula is C15H21ClN2O4. The van der Waals surface area contributed by atoms with Gasteiger partial charge in [-0.05, 0) is 18.2 Å². The fraction of sp³-hybridized carbons (Fsp3) is 0.333. The van der Waals surface area contributed by atoms with Crippen LogP contribution in [0.5, 0.6) is 0 Å². The van der Waals surface area contributed by atoms with Crippen LogP contribution in [0.15, 0.2) is 30.5 Å². The molecule has 1 atom stereocenters. The van der Waals surface area contributed by atoms with Crippen molar-refractivity contribution < 1.29 is 19.8 Å². The van der Waals surface area contributed by atoms with E-state index < -0.39 is 18.0 Å². The lowest BCUT2D eigenvalue weighted by molar-refractivity contribution is -0.139. The number of carboxylic acids is 2. The first-order valence-electron chi connectivity index (χ1n) is 6.66.